The summed E-state index contributed by atoms with van der Waals surface area (Å²) >= 11 is 0. The van der Waals surface area contributed by atoms with Crippen molar-refractivity contribution in [2.45, 2.75) is 25.5 Å². The number of aromatic hydroxyl groups is 1. The highest BCUT2D eigenvalue weighted by atomic mass is 16.4. The van der Waals surface area contributed by atoms with Crippen LogP contribution < -0.4 is 4.90 Å². The number of carboxylic acids is 1. The SMILES string of the molecule is CCN(C(=O)N1C[C@H](O)C[C@H]1C(=O)O)c1cccc(O)c1. The fourth-order valence-corrected chi connectivity index (χ4v) is 2.50. The second-order valence-corrected chi connectivity index (χ2v) is 4.94. The number of benzene rings is 1. The van der Waals surface area contributed by atoms with Gasteiger partial charge in [-0.25, -0.2) is 9.59 Å². The Morgan fingerprint density at radius 2 is 2.14 bits per heavy atom. The molecule has 1 aromatic carbocycles. The van der Waals surface area contributed by atoms with E-state index in [2.05, 4.69) is 0 Å². The zero-order chi connectivity index (χ0) is 15.6. The number of nitrogens with zero attached hydrogens (tertiary/aromatic N) is 2. The highest BCUT2D eigenvalue weighted by Gasteiger charge is 2.40. The van der Waals surface area contributed by atoms with Crippen LogP contribution in [0.25, 0.3) is 0 Å². The first-order valence-electron chi connectivity index (χ1n) is 6.72. The molecule has 0 aliphatic carbocycles. The summed E-state index contributed by atoms with van der Waals surface area (Å²) in [4.78, 5) is 26.3. The van der Waals surface area contributed by atoms with Crippen LogP contribution in [0.5, 0.6) is 5.75 Å². The third-order valence-electron chi connectivity index (χ3n) is 3.50. The summed E-state index contributed by atoms with van der Waals surface area (Å²) in [6.07, 6.45) is -0.809. The predicted molar refractivity (Wildman–Crippen MR) is 75.3 cm³/mol. The average Bonchev–Trinajstić information content (AvgIpc) is 2.82. The van der Waals surface area contributed by atoms with Gasteiger partial charge in [0, 0.05) is 31.3 Å². The maximum Gasteiger partial charge on any atom is 0.326 e. The van der Waals surface area contributed by atoms with Crippen molar-refractivity contribution in [3.63, 3.8) is 0 Å². The van der Waals surface area contributed by atoms with Gasteiger partial charge in [-0.2, -0.15) is 0 Å². The lowest BCUT2D eigenvalue weighted by molar-refractivity contribution is -0.141. The third-order valence-corrected chi connectivity index (χ3v) is 3.50. The summed E-state index contributed by atoms with van der Waals surface area (Å²) in [5.41, 5.74) is 0.480. The number of anilines is 1. The van der Waals surface area contributed by atoms with Gasteiger partial charge in [0.1, 0.15) is 11.8 Å². The van der Waals surface area contributed by atoms with Crippen LogP contribution in [0.4, 0.5) is 10.5 Å². The Kier molecular flexibility index (Phi) is 4.32. The number of urea groups is 1. The van der Waals surface area contributed by atoms with Gasteiger partial charge in [-0.15, -0.1) is 0 Å². The molecule has 0 spiro atoms. The van der Waals surface area contributed by atoms with Crippen molar-refractivity contribution >= 4 is 17.7 Å². The molecule has 1 fully saturated rings. The number of aliphatic hydroxyl groups excluding tert-OH is 1. The molecular weight excluding hydrogens is 276 g/mol. The Hall–Kier alpha value is -2.28. The fraction of sp³-hybridized carbons (Fsp3) is 0.429. The minimum Gasteiger partial charge on any atom is -0.508 e. The molecule has 0 aromatic heterocycles. The minimum atomic E-state index is -1.13. The van der Waals surface area contributed by atoms with Crippen LogP contribution in [0.15, 0.2) is 24.3 Å². The van der Waals surface area contributed by atoms with Crippen LogP contribution in [-0.4, -0.2) is 57.5 Å². The summed E-state index contributed by atoms with van der Waals surface area (Å²) in [7, 11) is 0. The highest BCUT2D eigenvalue weighted by Crippen LogP contribution is 2.25. The number of hydrogen-bond donors (Lipinski definition) is 3. The van der Waals surface area contributed by atoms with Gasteiger partial charge in [0.2, 0.25) is 0 Å². The van der Waals surface area contributed by atoms with E-state index >= 15 is 0 Å². The summed E-state index contributed by atoms with van der Waals surface area (Å²) in [5.74, 6) is -1.11. The Labute approximate surface area is 122 Å². The molecule has 7 heteroatoms. The zero-order valence-electron chi connectivity index (χ0n) is 11.6. The summed E-state index contributed by atoms with van der Waals surface area (Å²) in [6, 6.07) is 4.66. The maximum atomic E-state index is 12.5. The van der Waals surface area contributed by atoms with Crippen molar-refractivity contribution < 1.29 is 24.9 Å². The molecule has 1 aliphatic rings. The number of hydrogen-bond acceptors (Lipinski definition) is 4. The number of carbonyl (C=O) groups is 2. The van der Waals surface area contributed by atoms with Gasteiger partial charge in [0.05, 0.1) is 6.10 Å². The van der Waals surface area contributed by atoms with E-state index in [0.29, 0.717) is 12.2 Å². The minimum absolute atomic E-state index is 0.00881. The first-order chi connectivity index (χ1) is 9.93. The first kappa shape index (κ1) is 15.1. The lowest BCUT2D eigenvalue weighted by Crippen LogP contribution is -2.48. The van der Waals surface area contributed by atoms with Crippen molar-refractivity contribution in [2.24, 2.45) is 0 Å². The van der Waals surface area contributed by atoms with Crippen LogP contribution in [-0.2, 0) is 4.79 Å². The number of carbonyl (C=O) groups excluding carboxylic acids is 1. The summed E-state index contributed by atoms with van der Waals surface area (Å²) in [6.45, 7) is 2.07. The molecule has 0 bridgehead atoms. The molecule has 2 atom stereocenters. The van der Waals surface area contributed by atoms with Crippen LogP contribution in [0, 0.1) is 0 Å². The van der Waals surface area contributed by atoms with Gasteiger partial charge in [-0.05, 0) is 19.1 Å². The number of amides is 2. The summed E-state index contributed by atoms with van der Waals surface area (Å²) in [5, 5.41) is 28.3. The number of phenols is 1. The molecule has 3 N–H and O–H groups in total. The second kappa shape index (κ2) is 6.01. The molecule has 114 valence electrons. The molecule has 21 heavy (non-hydrogen) atoms. The Morgan fingerprint density at radius 1 is 1.43 bits per heavy atom. The number of phenolic OH excluding ortho intramolecular Hbond substituents is 1. The summed E-state index contributed by atoms with van der Waals surface area (Å²) < 4.78 is 0. The van der Waals surface area contributed by atoms with Gasteiger partial charge in [0.25, 0.3) is 0 Å². The van der Waals surface area contributed by atoms with E-state index < -0.39 is 24.1 Å². The quantitative estimate of drug-likeness (QED) is 0.767. The molecule has 0 radical (unpaired) electrons. The maximum absolute atomic E-state index is 12.5. The molecule has 0 unspecified atom stereocenters. The van der Waals surface area contributed by atoms with Gasteiger partial charge >= 0.3 is 12.0 Å². The van der Waals surface area contributed by atoms with Crippen molar-refractivity contribution in [3.8, 4) is 5.75 Å². The smallest absolute Gasteiger partial charge is 0.326 e. The van der Waals surface area contributed by atoms with E-state index in [1.165, 1.54) is 17.0 Å². The largest absolute Gasteiger partial charge is 0.508 e. The van der Waals surface area contributed by atoms with Crippen molar-refractivity contribution in [2.75, 3.05) is 18.0 Å². The highest BCUT2D eigenvalue weighted by molar-refractivity contribution is 5.95. The Bertz CT molecular complexity index is 548. The topological polar surface area (TPSA) is 101 Å². The molecule has 0 saturated carbocycles. The predicted octanol–water partition coefficient (Wildman–Crippen LogP) is 0.858. The monoisotopic (exact) mass is 294 g/mol. The van der Waals surface area contributed by atoms with E-state index in [-0.39, 0.29) is 18.7 Å². The van der Waals surface area contributed by atoms with E-state index in [0.717, 1.165) is 4.90 Å². The molecule has 1 aliphatic heterocycles. The van der Waals surface area contributed by atoms with Gasteiger partial charge in [0.15, 0.2) is 0 Å². The lowest BCUT2D eigenvalue weighted by Gasteiger charge is -2.29. The standard InChI is InChI=1S/C14H18N2O5/c1-2-15(9-4-3-5-10(17)6-9)14(21)16-8-11(18)7-12(16)13(19)20/h3-6,11-12,17-18H,2,7-8H2,1H3,(H,19,20)/t11-,12+/m1/s1. The van der Waals surface area contributed by atoms with E-state index in [4.69, 9.17) is 5.11 Å². The molecule has 1 saturated heterocycles. The number of β-amino-alcohol motifs (C(OH)–C–C–N with tert-alkyl or cyclic N) is 1. The van der Waals surface area contributed by atoms with Crippen LogP contribution in [0.2, 0.25) is 0 Å². The van der Waals surface area contributed by atoms with Gasteiger partial charge < -0.3 is 20.2 Å². The zero-order valence-corrected chi connectivity index (χ0v) is 11.6. The number of aliphatic carboxylic acids is 1. The van der Waals surface area contributed by atoms with Crippen LogP contribution in [0.1, 0.15) is 13.3 Å². The number of likely N-dealkylation sites (tertiary alicyclic amines) is 1. The Balaban J connectivity index is 2.26. The molecule has 1 heterocycles. The van der Waals surface area contributed by atoms with E-state index in [1.807, 2.05) is 0 Å². The molecular formula is C14H18N2O5. The number of aliphatic hydroxyl groups is 1. The lowest BCUT2D eigenvalue weighted by atomic mass is 10.2. The molecule has 1 aromatic rings. The average molecular weight is 294 g/mol. The Morgan fingerprint density at radius 3 is 2.71 bits per heavy atom. The van der Waals surface area contributed by atoms with Crippen LogP contribution in [0.3, 0.4) is 0 Å². The van der Waals surface area contributed by atoms with Crippen molar-refractivity contribution in [3.05, 3.63) is 24.3 Å². The first-order valence-corrected chi connectivity index (χ1v) is 6.72. The number of rotatable bonds is 3. The molecule has 2 amide bonds. The van der Waals surface area contributed by atoms with Crippen molar-refractivity contribution in [1.82, 2.24) is 4.90 Å². The second-order valence-electron chi connectivity index (χ2n) is 4.94. The van der Waals surface area contributed by atoms with Gasteiger partial charge in [-0.1, -0.05) is 6.07 Å². The molecule has 7 nitrogen and oxygen atoms in total. The third kappa shape index (κ3) is 3.08. The van der Waals surface area contributed by atoms with Gasteiger partial charge in [-0.3, -0.25) is 4.90 Å². The van der Waals surface area contributed by atoms with E-state index in [9.17, 15) is 19.8 Å². The normalized spacial score (nSPS) is 21.3. The fourth-order valence-electron chi connectivity index (χ4n) is 2.50. The van der Waals surface area contributed by atoms with Crippen molar-refractivity contribution in [1.29, 1.82) is 0 Å². The molecule has 2 rings (SSSR count). The van der Waals surface area contributed by atoms with Crippen LogP contribution >= 0.6 is 0 Å². The van der Waals surface area contributed by atoms with E-state index in [1.54, 1.807) is 19.1 Å². The number of carboxylic acid groups (broad SMARTS) is 1.